The molecule has 0 spiro atoms. The zero-order valence-corrected chi connectivity index (χ0v) is 16.7. The van der Waals surface area contributed by atoms with E-state index >= 15 is 0 Å². The van der Waals surface area contributed by atoms with E-state index in [1.54, 1.807) is 12.1 Å². The van der Waals surface area contributed by atoms with Crippen LogP contribution in [-0.2, 0) is 4.79 Å². The second kappa shape index (κ2) is 14.2. The van der Waals surface area contributed by atoms with Gasteiger partial charge in [-0.15, -0.1) is 0 Å². The van der Waals surface area contributed by atoms with Crippen LogP contribution in [0.25, 0.3) is 0 Å². The molecule has 1 atom stereocenters. The fourth-order valence-electron chi connectivity index (χ4n) is 3.45. The van der Waals surface area contributed by atoms with Crippen LogP contribution < -0.4 is 0 Å². The number of hydrogen-bond donors (Lipinski definition) is 1. The van der Waals surface area contributed by atoms with E-state index in [2.05, 4.69) is 6.92 Å². The molecule has 0 aliphatic carbocycles. The molecule has 0 bridgehead atoms. The lowest BCUT2D eigenvalue weighted by atomic mass is 9.92. The van der Waals surface area contributed by atoms with Crippen molar-refractivity contribution in [3.63, 3.8) is 0 Å². The topological polar surface area (TPSA) is 80.4 Å². The van der Waals surface area contributed by atoms with Crippen LogP contribution in [-0.4, -0.2) is 16.0 Å². The van der Waals surface area contributed by atoms with Gasteiger partial charge in [-0.3, -0.25) is 14.9 Å². The molecule has 5 nitrogen and oxygen atoms in total. The third-order valence-corrected chi connectivity index (χ3v) is 5.15. The number of hydrogen-bond acceptors (Lipinski definition) is 3. The Morgan fingerprint density at radius 3 is 1.74 bits per heavy atom. The van der Waals surface area contributed by atoms with Gasteiger partial charge in [0.15, 0.2) is 0 Å². The van der Waals surface area contributed by atoms with Gasteiger partial charge in [-0.1, -0.05) is 96.1 Å². The first-order valence-corrected chi connectivity index (χ1v) is 10.5. The van der Waals surface area contributed by atoms with E-state index in [1.807, 2.05) is 0 Å². The molecular weight excluding hydrogens is 342 g/mol. The molecule has 0 aromatic heterocycles. The number of nitro groups is 1. The van der Waals surface area contributed by atoms with Crippen LogP contribution in [0.15, 0.2) is 24.3 Å². The first-order valence-electron chi connectivity index (χ1n) is 10.5. The van der Waals surface area contributed by atoms with Gasteiger partial charge in [0, 0.05) is 12.1 Å². The number of aliphatic carboxylic acids is 1. The molecule has 27 heavy (non-hydrogen) atoms. The molecule has 0 saturated carbocycles. The Bertz CT molecular complexity index is 542. The Labute approximate surface area is 163 Å². The van der Waals surface area contributed by atoms with Crippen molar-refractivity contribution in [2.24, 2.45) is 0 Å². The van der Waals surface area contributed by atoms with E-state index < -0.39 is 16.8 Å². The highest BCUT2D eigenvalue weighted by Gasteiger charge is 2.20. The van der Waals surface area contributed by atoms with E-state index in [1.165, 1.54) is 69.9 Å². The largest absolute Gasteiger partial charge is 0.481 e. The van der Waals surface area contributed by atoms with Crippen LogP contribution in [0.5, 0.6) is 0 Å². The quantitative estimate of drug-likeness (QED) is 0.194. The summed E-state index contributed by atoms with van der Waals surface area (Å²) in [5.41, 5.74) is 0.643. The van der Waals surface area contributed by atoms with Crippen molar-refractivity contribution in [3.05, 3.63) is 39.9 Å². The van der Waals surface area contributed by atoms with Gasteiger partial charge < -0.3 is 5.11 Å². The summed E-state index contributed by atoms with van der Waals surface area (Å²) in [6, 6.07) is 5.90. The number of rotatable bonds is 16. The predicted molar refractivity (Wildman–Crippen MR) is 109 cm³/mol. The predicted octanol–water partition coefficient (Wildman–Crippen LogP) is 6.85. The first-order chi connectivity index (χ1) is 13.1. The maximum absolute atomic E-state index is 11.5. The van der Waals surface area contributed by atoms with Gasteiger partial charge >= 0.3 is 5.97 Å². The molecule has 0 aliphatic heterocycles. The minimum absolute atomic E-state index is 0.00625. The normalized spacial score (nSPS) is 12.0. The van der Waals surface area contributed by atoms with Gasteiger partial charge in [-0.25, -0.2) is 0 Å². The van der Waals surface area contributed by atoms with Crippen molar-refractivity contribution < 1.29 is 14.8 Å². The average Bonchev–Trinajstić information content (AvgIpc) is 2.65. The molecule has 0 amide bonds. The Hall–Kier alpha value is -1.91. The molecule has 1 aromatic carbocycles. The molecule has 1 N–H and O–H groups in total. The lowest BCUT2D eigenvalue weighted by Crippen LogP contribution is -2.11. The number of carbonyl (C=O) groups is 1. The van der Waals surface area contributed by atoms with E-state index in [-0.39, 0.29) is 5.69 Å². The van der Waals surface area contributed by atoms with Gasteiger partial charge in [0.25, 0.3) is 5.69 Å². The molecule has 1 rings (SSSR count). The zero-order valence-electron chi connectivity index (χ0n) is 16.7. The lowest BCUT2D eigenvalue weighted by molar-refractivity contribution is -0.384. The highest BCUT2D eigenvalue weighted by molar-refractivity contribution is 5.76. The van der Waals surface area contributed by atoms with E-state index in [9.17, 15) is 20.0 Å². The Morgan fingerprint density at radius 2 is 1.33 bits per heavy atom. The van der Waals surface area contributed by atoms with Crippen molar-refractivity contribution in [2.75, 3.05) is 0 Å². The molecule has 0 fully saturated rings. The van der Waals surface area contributed by atoms with E-state index in [0.717, 1.165) is 19.3 Å². The Balaban J connectivity index is 2.15. The lowest BCUT2D eigenvalue weighted by Gasteiger charge is -2.12. The summed E-state index contributed by atoms with van der Waals surface area (Å²) in [5, 5.41) is 20.2. The standard InChI is InChI=1S/C22H35NO4/c1-2-3-4-5-6-7-8-9-10-11-12-13-14-21(22(24)25)19-15-17-20(18-16-19)23(26)27/h15-18,21H,2-14H2,1H3,(H,24,25). The van der Waals surface area contributed by atoms with Crippen LogP contribution in [0.2, 0.25) is 0 Å². The summed E-state index contributed by atoms with van der Waals surface area (Å²) in [6.07, 6.45) is 15.6. The molecule has 0 aliphatic rings. The van der Waals surface area contributed by atoms with Gasteiger partial charge in [0.05, 0.1) is 10.8 Å². The number of unbranched alkanes of at least 4 members (excludes halogenated alkanes) is 11. The molecule has 0 saturated heterocycles. The van der Waals surface area contributed by atoms with Gasteiger partial charge in [-0.2, -0.15) is 0 Å². The molecule has 0 heterocycles. The maximum atomic E-state index is 11.5. The monoisotopic (exact) mass is 377 g/mol. The van der Waals surface area contributed by atoms with Crippen LogP contribution >= 0.6 is 0 Å². The number of non-ortho nitro benzene ring substituents is 1. The smallest absolute Gasteiger partial charge is 0.310 e. The molecular formula is C22H35NO4. The molecule has 5 heteroatoms. The average molecular weight is 378 g/mol. The highest BCUT2D eigenvalue weighted by atomic mass is 16.6. The van der Waals surface area contributed by atoms with Crippen molar-refractivity contribution in [1.29, 1.82) is 0 Å². The van der Waals surface area contributed by atoms with Crippen molar-refractivity contribution >= 4 is 11.7 Å². The third-order valence-electron chi connectivity index (χ3n) is 5.15. The van der Waals surface area contributed by atoms with Crippen LogP contribution in [0.1, 0.15) is 102 Å². The SMILES string of the molecule is CCCCCCCCCCCCCCC(C(=O)O)c1ccc([N+](=O)[O-])cc1. The second-order valence-corrected chi connectivity index (χ2v) is 7.42. The van der Waals surface area contributed by atoms with Crippen LogP contribution in [0.4, 0.5) is 5.69 Å². The fraction of sp³-hybridized carbons (Fsp3) is 0.682. The Kier molecular flexibility index (Phi) is 12.2. The van der Waals surface area contributed by atoms with E-state index in [4.69, 9.17) is 0 Å². The summed E-state index contributed by atoms with van der Waals surface area (Å²) < 4.78 is 0. The Morgan fingerprint density at radius 1 is 0.889 bits per heavy atom. The van der Waals surface area contributed by atoms with Crippen molar-refractivity contribution in [3.8, 4) is 0 Å². The number of benzene rings is 1. The van der Waals surface area contributed by atoms with E-state index in [0.29, 0.717) is 12.0 Å². The zero-order chi connectivity index (χ0) is 19.9. The fourth-order valence-corrected chi connectivity index (χ4v) is 3.45. The highest BCUT2D eigenvalue weighted by Crippen LogP contribution is 2.25. The number of nitrogens with zero attached hydrogens (tertiary/aromatic N) is 1. The van der Waals surface area contributed by atoms with Gasteiger partial charge in [0.1, 0.15) is 0 Å². The minimum atomic E-state index is -0.855. The maximum Gasteiger partial charge on any atom is 0.310 e. The summed E-state index contributed by atoms with van der Waals surface area (Å²) in [7, 11) is 0. The number of carboxylic acid groups (broad SMARTS) is 1. The summed E-state index contributed by atoms with van der Waals surface area (Å²) in [6.45, 7) is 2.24. The molecule has 0 radical (unpaired) electrons. The van der Waals surface area contributed by atoms with Gasteiger partial charge in [0.2, 0.25) is 0 Å². The summed E-state index contributed by atoms with van der Waals surface area (Å²) >= 11 is 0. The van der Waals surface area contributed by atoms with Gasteiger partial charge in [-0.05, 0) is 12.0 Å². The number of nitro benzene ring substituents is 1. The molecule has 1 aromatic rings. The van der Waals surface area contributed by atoms with Crippen molar-refractivity contribution in [2.45, 2.75) is 96.3 Å². The van der Waals surface area contributed by atoms with Crippen LogP contribution in [0, 0.1) is 10.1 Å². The summed E-state index contributed by atoms with van der Waals surface area (Å²) in [5.74, 6) is -1.43. The summed E-state index contributed by atoms with van der Waals surface area (Å²) in [4.78, 5) is 21.8. The van der Waals surface area contributed by atoms with Crippen LogP contribution in [0.3, 0.4) is 0 Å². The number of carboxylic acids is 1. The third kappa shape index (κ3) is 10.1. The second-order valence-electron chi connectivity index (χ2n) is 7.42. The molecule has 1 unspecified atom stereocenters. The van der Waals surface area contributed by atoms with Crippen molar-refractivity contribution in [1.82, 2.24) is 0 Å². The first kappa shape index (κ1) is 23.1. The minimum Gasteiger partial charge on any atom is -0.481 e. The molecule has 152 valence electrons.